The molecule has 0 radical (unpaired) electrons. The molecule has 1 rings (SSSR count). The third-order valence-corrected chi connectivity index (χ3v) is 6.99. The zero-order chi connectivity index (χ0) is 63.2. The molecule has 0 saturated carbocycles. The minimum atomic E-state index is -2.83. The number of hydrogen-bond donors (Lipinski definition) is 7. The first-order valence-electron chi connectivity index (χ1n) is 24.3. The van der Waals surface area contributed by atoms with Gasteiger partial charge in [-0.05, 0) is 165 Å². The van der Waals surface area contributed by atoms with Crippen molar-refractivity contribution in [1.82, 2.24) is 25.8 Å². The van der Waals surface area contributed by atoms with Crippen LogP contribution in [0, 0.1) is 0 Å². The Labute approximate surface area is 504 Å². The lowest BCUT2D eigenvalue weighted by atomic mass is 10.2. The average molecular weight is 1280 g/mol. The van der Waals surface area contributed by atoms with E-state index in [9.17, 15) is 50.3 Å². The quantitative estimate of drug-likeness (QED) is 0.0212. The van der Waals surface area contributed by atoms with Crippen LogP contribution in [-0.4, -0.2) is 194 Å². The van der Waals surface area contributed by atoms with Crippen molar-refractivity contribution in [2.45, 2.75) is 231 Å². The van der Waals surface area contributed by atoms with Crippen molar-refractivity contribution in [1.29, 1.82) is 0 Å². The van der Waals surface area contributed by atoms with Crippen LogP contribution in [0.2, 0.25) is 0 Å². The monoisotopic (exact) mass is 1280 g/mol. The van der Waals surface area contributed by atoms with Gasteiger partial charge in [0, 0.05) is 26.6 Å². The number of aliphatic hydroxyl groups excluding tert-OH is 2. The predicted molar refractivity (Wildman–Crippen MR) is 315 cm³/mol. The van der Waals surface area contributed by atoms with Gasteiger partial charge in [-0.15, -0.1) is 24.8 Å². The van der Waals surface area contributed by atoms with Gasteiger partial charge in [-0.3, -0.25) is 0 Å². The molecule has 1 heterocycles. The van der Waals surface area contributed by atoms with Gasteiger partial charge in [0.2, 0.25) is 0 Å². The minimum absolute atomic E-state index is 0. The molecule has 1 aliphatic rings. The number of alkyl halides is 6. The topological polar surface area (TPSA) is 303 Å². The number of ether oxygens (including phenoxy) is 9. The number of aliphatic hydroxyl groups is 2. The highest BCUT2D eigenvalue weighted by Gasteiger charge is 2.44. The number of nitrogens with two attached hydrogens (primary N) is 2. The molecule has 9 N–H and O–H groups in total. The van der Waals surface area contributed by atoms with Gasteiger partial charge in [-0.2, -0.15) is 26.3 Å². The molecule has 1 fully saturated rings. The SMILES string of the molecule is C.C.CC(C)(C)OC(=O)OC(=O)OC(C)(C)C.CN1CCN(C)C1(F)F.C[C@@H](N)CO.C[C@@H](N)COC(F)F.C[C@H](CO)NC(=O)OC(C)(C)C.C[C@H](COC(F)F)NC(=O)OC(C)(C)C.C[C@H](COC=S)NC(=O)OC(C)(C)C.Cl.Cl.[HH]. The number of nitrogens with one attached hydrogen (secondary N) is 3. The van der Waals surface area contributed by atoms with Crippen LogP contribution in [0.15, 0.2) is 0 Å². The lowest BCUT2D eigenvalue weighted by Crippen LogP contribution is -2.41. The van der Waals surface area contributed by atoms with Gasteiger partial charge in [0.05, 0.1) is 44.6 Å². The zero-order valence-corrected chi connectivity index (χ0v) is 53.2. The van der Waals surface area contributed by atoms with E-state index in [1.165, 1.54) is 19.6 Å². The van der Waals surface area contributed by atoms with E-state index in [4.69, 9.17) is 50.1 Å². The molecule has 1 saturated heterocycles. The van der Waals surface area contributed by atoms with Crippen LogP contribution >= 0.6 is 37.0 Å². The number of carbonyl (C=O) groups excluding carboxylic acids is 5. The lowest BCUT2D eigenvalue weighted by molar-refractivity contribution is -0.192. The highest BCUT2D eigenvalue weighted by Crippen LogP contribution is 2.26. The number of nitrogens with zero attached hydrogens (tertiary/aromatic N) is 2. The highest BCUT2D eigenvalue weighted by molar-refractivity contribution is 7.78. The van der Waals surface area contributed by atoms with Crippen LogP contribution in [0.5, 0.6) is 0 Å². The molecule has 0 spiro atoms. The molecule has 0 bridgehead atoms. The minimum Gasteiger partial charge on any atom is -0.488 e. The fourth-order valence-electron chi connectivity index (χ4n) is 3.75. The van der Waals surface area contributed by atoms with Crippen LogP contribution in [0.4, 0.5) is 50.3 Å². The maximum atomic E-state index is 12.6. The van der Waals surface area contributed by atoms with Crippen molar-refractivity contribution in [3.8, 4) is 0 Å². The van der Waals surface area contributed by atoms with Crippen molar-refractivity contribution in [3.05, 3.63) is 0 Å². The number of carbonyl (C=O) groups is 5. The maximum absolute atomic E-state index is 12.6. The summed E-state index contributed by atoms with van der Waals surface area (Å²) in [7, 11) is 2.84. The van der Waals surface area contributed by atoms with E-state index in [-0.39, 0.29) is 91.7 Å². The third kappa shape index (κ3) is 82.7. The normalized spacial score (nSPS) is 14.5. The Bertz CT molecular complexity index is 1590. The molecule has 0 aromatic heterocycles. The Morgan fingerprint density at radius 3 is 1.01 bits per heavy atom. The number of hydrogen-bond acceptors (Lipinski definition) is 21. The van der Waals surface area contributed by atoms with Crippen LogP contribution in [0.3, 0.4) is 0 Å². The molecule has 0 unspecified atom stereocenters. The zero-order valence-electron chi connectivity index (χ0n) is 50.7. The Hall–Kier alpha value is -3.72. The summed E-state index contributed by atoms with van der Waals surface area (Å²) in [4.78, 5) is 57.4. The van der Waals surface area contributed by atoms with Crippen LogP contribution in [0.25, 0.3) is 0 Å². The number of likely N-dealkylation sites (N-methyl/N-ethyl adjacent to an activating group) is 2. The van der Waals surface area contributed by atoms with E-state index in [2.05, 4.69) is 42.4 Å². The fraction of sp³-hybridized carbons (Fsp3) is 0.880. The maximum Gasteiger partial charge on any atom is 0.519 e. The Balaban J connectivity index is -0.0000000817. The van der Waals surface area contributed by atoms with E-state index in [0.717, 1.165) is 9.80 Å². The number of amides is 3. The number of halogens is 8. The van der Waals surface area contributed by atoms with Gasteiger partial charge in [-0.1, -0.05) is 14.9 Å². The van der Waals surface area contributed by atoms with Crippen molar-refractivity contribution in [3.63, 3.8) is 0 Å². The lowest BCUT2D eigenvalue weighted by Gasteiger charge is -2.22. The molecule has 0 aromatic rings. The number of alkyl carbamates (subject to hydrolysis) is 3. The standard InChI is InChI=1S/C10H18O5.C9H17F2NO3.C9H17NO3S.C8H17NO3.C5H10F2N2.C4H9F2NO.C3H9NO.2CH4.2ClH.H2/c1-9(2,3)14-7(11)13-8(12)15-10(4,5)6;1-6(5-14-7(10)11)12-8(13)15-9(2,3)4;1-7(5-12-6-14)10-8(11)13-9(2,3)4;1-6(5-10)9-7(11)12-8(2,3)4;1-8-3-4-9(2)5(8,6)7;1-3(7)2-8-4(5)6;1-3(4)2-5;;;;;/h1-6H3;6-7H,5H2,1-4H3,(H,12,13);6-7H,5H2,1-4H3,(H,10,11);6,10H,5H2,1-4H3,(H,9,11);3-4H2,1-2H3;3-4H,2,7H2,1H3;3,5H,2,4H2,1H3;2*1H4;3*1H/t;6-;7-;6-;;2*3-;;;;;/m.111.11...../s1. The molecule has 5 atom stereocenters. The van der Waals surface area contributed by atoms with Crippen LogP contribution in [-0.2, 0) is 42.6 Å². The van der Waals surface area contributed by atoms with Crippen molar-refractivity contribution < 1.29 is 105 Å². The second kappa shape index (κ2) is 50.6. The molecular formula is C50H109Cl2F6N7O16S. The summed E-state index contributed by atoms with van der Waals surface area (Å²) >= 11 is 4.48. The first-order valence-corrected chi connectivity index (χ1v) is 24.8. The summed E-state index contributed by atoms with van der Waals surface area (Å²) in [6.45, 7) is 29.8. The van der Waals surface area contributed by atoms with Gasteiger partial charge in [0.15, 0.2) is 0 Å². The van der Waals surface area contributed by atoms with Gasteiger partial charge in [0.1, 0.15) is 40.2 Å². The summed E-state index contributed by atoms with van der Waals surface area (Å²) in [5.41, 5.74) is 8.34. The average Bonchev–Trinajstić information content (AvgIpc) is 3.44. The summed E-state index contributed by atoms with van der Waals surface area (Å²) in [5, 5.41) is 24.1. The third-order valence-electron chi connectivity index (χ3n) is 6.86. The van der Waals surface area contributed by atoms with E-state index in [0.29, 0.717) is 19.7 Å². The number of rotatable bonds is 14. The predicted octanol–water partition coefficient (Wildman–Crippen LogP) is 10.5. The smallest absolute Gasteiger partial charge is 0.488 e. The van der Waals surface area contributed by atoms with Crippen molar-refractivity contribution in [2.75, 3.05) is 60.2 Å². The largest absolute Gasteiger partial charge is 0.519 e. The van der Waals surface area contributed by atoms with Crippen LogP contribution in [0.1, 0.15) is 155 Å². The van der Waals surface area contributed by atoms with Crippen molar-refractivity contribution in [2.24, 2.45) is 11.5 Å². The molecule has 82 heavy (non-hydrogen) atoms. The summed E-state index contributed by atoms with van der Waals surface area (Å²) in [6, 6.07) is -1.28. The van der Waals surface area contributed by atoms with Gasteiger partial charge < -0.3 is 80.3 Å². The first kappa shape index (κ1) is 100. The van der Waals surface area contributed by atoms with E-state index >= 15 is 0 Å². The Morgan fingerprint density at radius 2 is 0.817 bits per heavy atom. The Morgan fingerprint density at radius 1 is 0.549 bits per heavy atom. The summed E-state index contributed by atoms with van der Waals surface area (Å²) < 4.78 is 112. The molecule has 32 heteroatoms. The molecule has 502 valence electrons. The number of thiocarbonyl (C=S) groups is 1. The molecule has 0 aliphatic carbocycles. The van der Waals surface area contributed by atoms with E-state index in [1.54, 1.807) is 111 Å². The van der Waals surface area contributed by atoms with Gasteiger partial charge in [0.25, 0.3) is 0 Å². The van der Waals surface area contributed by atoms with Crippen LogP contribution < -0.4 is 27.4 Å². The Kier molecular flexibility index (Phi) is 61.9. The second-order valence-electron chi connectivity index (χ2n) is 22.0. The highest BCUT2D eigenvalue weighted by atomic mass is 35.5. The van der Waals surface area contributed by atoms with Gasteiger partial charge >= 0.3 is 50.0 Å². The molecule has 3 amide bonds. The first-order chi connectivity index (χ1) is 34.8. The molecule has 1 aliphatic heterocycles. The molecule has 23 nitrogen and oxygen atoms in total. The summed E-state index contributed by atoms with van der Waals surface area (Å²) in [5.74, 6) is 0. The molecular weight excluding hydrogens is 1170 g/mol. The fourth-order valence-corrected chi connectivity index (χ4v) is 3.83. The van der Waals surface area contributed by atoms with E-state index < -0.39 is 84.0 Å². The molecule has 0 aromatic carbocycles. The van der Waals surface area contributed by atoms with Gasteiger partial charge in [-0.25, -0.2) is 33.8 Å². The summed E-state index contributed by atoms with van der Waals surface area (Å²) in [6.07, 6.45) is -6.43. The second-order valence-corrected chi connectivity index (χ2v) is 22.2. The van der Waals surface area contributed by atoms with Crippen molar-refractivity contribution >= 4 is 73.2 Å². The van der Waals surface area contributed by atoms with E-state index in [1.807, 2.05) is 27.7 Å².